The molecule has 4 nitrogen and oxygen atoms in total. The quantitative estimate of drug-likeness (QED) is 0.625. The van der Waals surface area contributed by atoms with Gasteiger partial charge in [-0.1, -0.05) is 6.07 Å². The van der Waals surface area contributed by atoms with E-state index in [9.17, 15) is 9.90 Å². The summed E-state index contributed by atoms with van der Waals surface area (Å²) >= 11 is 6.03. The maximum Gasteiger partial charge on any atom is 0.339 e. The van der Waals surface area contributed by atoms with Crippen molar-refractivity contribution in [3.05, 3.63) is 29.3 Å². The summed E-state index contributed by atoms with van der Waals surface area (Å²) in [7, 11) is 3.70. The maximum absolute atomic E-state index is 10.7. The Kier molecular flexibility index (Phi) is 4.15. The van der Waals surface area contributed by atoms with Crippen LogP contribution in [0.3, 0.4) is 0 Å². The summed E-state index contributed by atoms with van der Waals surface area (Å²) in [6.45, 7) is 0. The smallest absolute Gasteiger partial charge is 0.339 e. The molecule has 1 atom stereocenters. The van der Waals surface area contributed by atoms with Gasteiger partial charge in [0.25, 0.3) is 0 Å². The number of nitrogens with zero attached hydrogens (tertiary/aromatic N) is 1. The molecule has 0 aliphatic rings. The summed E-state index contributed by atoms with van der Waals surface area (Å²) in [6, 6.07) is 4.47. The van der Waals surface area contributed by atoms with Crippen LogP contribution in [0, 0.1) is 0 Å². The van der Waals surface area contributed by atoms with Crippen LogP contribution in [-0.4, -0.2) is 40.7 Å². The molecule has 0 saturated carbocycles. The van der Waals surface area contributed by atoms with E-state index in [2.05, 4.69) is 0 Å². The van der Waals surface area contributed by atoms with Crippen molar-refractivity contribution in [1.29, 1.82) is 0 Å². The molecule has 88 valence electrons. The lowest BCUT2D eigenvalue weighted by atomic mass is 10.1. The Balaban J connectivity index is 2.85. The second kappa shape index (κ2) is 5.18. The number of hydrogen-bond acceptors (Lipinski definition) is 3. The van der Waals surface area contributed by atoms with E-state index in [4.69, 9.17) is 16.7 Å². The molecule has 1 aromatic carbocycles. The lowest BCUT2D eigenvalue weighted by molar-refractivity contribution is 0.0693. The van der Waals surface area contributed by atoms with Crippen LogP contribution in [0.25, 0.3) is 0 Å². The summed E-state index contributed by atoms with van der Waals surface area (Å²) < 4.78 is 0. The molecule has 2 N–H and O–H groups in total. The molecule has 0 aliphatic heterocycles. The average molecular weight is 244 g/mol. The predicted octanol–water partition coefficient (Wildman–Crippen LogP) is 1.76. The number of alkyl halides is 1. The fourth-order valence-corrected chi connectivity index (χ4v) is 1.44. The Morgan fingerprint density at radius 1 is 1.50 bits per heavy atom. The van der Waals surface area contributed by atoms with Gasteiger partial charge in [-0.3, -0.25) is 4.90 Å². The number of aromatic carboxylic acids is 1. The fraction of sp³-hybridized carbons (Fsp3) is 0.364. The first-order chi connectivity index (χ1) is 7.41. The molecule has 16 heavy (non-hydrogen) atoms. The largest absolute Gasteiger partial charge is 0.507 e. The van der Waals surface area contributed by atoms with Crippen molar-refractivity contribution in [2.45, 2.75) is 11.9 Å². The van der Waals surface area contributed by atoms with Crippen LogP contribution in [-0.2, 0) is 6.42 Å². The summed E-state index contributed by atoms with van der Waals surface area (Å²) in [6.07, 6.45) is 0.544. The standard InChI is InChI=1S/C11H14ClNO3/c1-13(2)10(12)6-7-3-4-8(11(15)16)9(14)5-7/h3-5,10,14H,6H2,1-2H3,(H,15,16). The Labute approximate surface area is 99.1 Å². The number of carbonyl (C=O) groups is 1. The molecular formula is C11H14ClNO3. The highest BCUT2D eigenvalue weighted by molar-refractivity contribution is 6.20. The third-order valence-corrected chi connectivity index (χ3v) is 2.80. The van der Waals surface area contributed by atoms with E-state index in [1.807, 2.05) is 19.0 Å². The first-order valence-corrected chi connectivity index (χ1v) is 5.21. The minimum atomic E-state index is -1.14. The number of carboxylic acids is 1. The van der Waals surface area contributed by atoms with E-state index in [0.29, 0.717) is 6.42 Å². The number of hydrogen-bond donors (Lipinski definition) is 2. The van der Waals surface area contributed by atoms with E-state index in [0.717, 1.165) is 5.56 Å². The normalized spacial score (nSPS) is 12.8. The van der Waals surface area contributed by atoms with Crippen LogP contribution < -0.4 is 0 Å². The van der Waals surface area contributed by atoms with Crippen LogP contribution in [0.15, 0.2) is 18.2 Å². The lowest BCUT2D eigenvalue weighted by Crippen LogP contribution is -2.24. The molecule has 0 saturated heterocycles. The Bertz CT molecular complexity index is 393. The molecule has 1 aromatic rings. The number of aromatic hydroxyl groups is 1. The number of rotatable bonds is 4. The van der Waals surface area contributed by atoms with Gasteiger partial charge in [-0.05, 0) is 31.8 Å². The minimum absolute atomic E-state index is 0.0975. The van der Waals surface area contributed by atoms with Crippen molar-refractivity contribution in [2.24, 2.45) is 0 Å². The van der Waals surface area contributed by atoms with Crippen LogP contribution in [0.5, 0.6) is 5.75 Å². The number of benzene rings is 1. The zero-order valence-corrected chi connectivity index (χ0v) is 9.90. The number of carboxylic acid groups (broad SMARTS) is 1. The Morgan fingerprint density at radius 3 is 2.56 bits per heavy atom. The zero-order chi connectivity index (χ0) is 12.3. The molecule has 0 spiro atoms. The van der Waals surface area contributed by atoms with Gasteiger partial charge < -0.3 is 10.2 Å². The van der Waals surface area contributed by atoms with Crippen molar-refractivity contribution < 1.29 is 15.0 Å². The van der Waals surface area contributed by atoms with E-state index >= 15 is 0 Å². The molecule has 1 rings (SSSR count). The summed E-state index contributed by atoms with van der Waals surface area (Å²) in [5.41, 5.74) is 0.519. The van der Waals surface area contributed by atoms with Gasteiger partial charge in [0.15, 0.2) is 0 Å². The molecule has 0 fully saturated rings. The topological polar surface area (TPSA) is 60.8 Å². The SMILES string of the molecule is CN(C)C(Cl)Cc1ccc(C(=O)O)c(O)c1. The van der Waals surface area contributed by atoms with Gasteiger partial charge in [-0.2, -0.15) is 0 Å². The second-order valence-corrected chi connectivity index (χ2v) is 4.26. The van der Waals surface area contributed by atoms with Gasteiger partial charge in [0.2, 0.25) is 0 Å². The molecule has 0 aromatic heterocycles. The van der Waals surface area contributed by atoms with Crippen molar-refractivity contribution in [2.75, 3.05) is 14.1 Å². The highest BCUT2D eigenvalue weighted by Gasteiger charge is 2.12. The third-order valence-electron chi connectivity index (χ3n) is 2.26. The van der Waals surface area contributed by atoms with E-state index in [1.54, 1.807) is 6.07 Å². The minimum Gasteiger partial charge on any atom is -0.507 e. The molecular weight excluding hydrogens is 230 g/mol. The van der Waals surface area contributed by atoms with E-state index in [-0.39, 0.29) is 16.8 Å². The van der Waals surface area contributed by atoms with Crippen molar-refractivity contribution in [3.8, 4) is 5.75 Å². The van der Waals surface area contributed by atoms with E-state index < -0.39 is 5.97 Å². The average Bonchev–Trinajstić information content (AvgIpc) is 2.16. The van der Waals surface area contributed by atoms with Crippen LogP contribution >= 0.6 is 11.6 Å². The van der Waals surface area contributed by atoms with Gasteiger partial charge in [0, 0.05) is 6.42 Å². The first-order valence-electron chi connectivity index (χ1n) is 4.77. The number of likely N-dealkylation sites (N-methyl/N-ethyl adjacent to an activating group) is 1. The molecule has 0 aliphatic carbocycles. The zero-order valence-electron chi connectivity index (χ0n) is 9.14. The van der Waals surface area contributed by atoms with Crippen LogP contribution in [0.1, 0.15) is 15.9 Å². The number of phenols is 1. The fourth-order valence-electron chi connectivity index (χ4n) is 1.26. The van der Waals surface area contributed by atoms with Crippen LogP contribution in [0.4, 0.5) is 0 Å². The van der Waals surface area contributed by atoms with E-state index in [1.165, 1.54) is 12.1 Å². The molecule has 0 amide bonds. The highest BCUT2D eigenvalue weighted by Crippen LogP contribution is 2.20. The lowest BCUT2D eigenvalue weighted by Gasteiger charge is -2.17. The molecule has 0 heterocycles. The second-order valence-electron chi connectivity index (χ2n) is 3.76. The number of halogens is 1. The maximum atomic E-state index is 10.7. The van der Waals surface area contributed by atoms with Gasteiger partial charge in [0.05, 0.1) is 5.50 Å². The van der Waals surface area contributed by atoms with Gasteiger partial charge in [0.1, 0.15) is 11.3 Å². The highest BCUT2D eigenvalue weighted by atomic mass is 35.5. The monoisotopic (exact) mass is 243 g/mol. The van der Waals surface area contributed by atoms with Crippen molar-refractivity contribution in [3.63, 3.8) is 0 Å². The summed E-state index contributed by atoms with van der Waals surface area (Å²) in [5.74, 6) is -1.37. The van der Waals surface area contributed by atoms with Crippen molar-refractivity contribution >= 4 is 17.6 Å². The van der Waals surface area contributed by atoms with Crippen molar-refractivity contribution in [1.82, 2.24) is 4.90 Å². The molecule has 0 bridgehead atoms. The molecule has 5 heteroatoms. The summed E-state index contributed by atoms with van der Waals surface area (Å²) in [5, 5.41) is 18.2. The van der Waals surface area contributed by atoms with Gasteiger partial charge in [-0.15, -0.1) is 11.6 Å². The molecule has 1 unspecified atom stereocenters. The Morgan fingerprint density at radius 2 is 2.12 bits per heavy atom. The van der Waals surface area contributed by atoms with Crippen LogP contribution in [0.2, 0.25) is 0 Å². The first kappa shape index (κ1) is 12.8. The van der Waals surface area contributed by atoms with Gasteiger partial charge >= 0.3 is 5.97 Å². The molecule has 0 radical (unpaired) electrons. The third kappa shape index (κ3) is 3.12. The Hall–Kier alpha value is -1.26. The summed E-state index contributed by atoms with van der Waals surface area (Å²) in [4.78, 5) is 12.5. The predicted molar refractivity (Wildman–Crippen MR) is 62.1 cm³/mol. The van der Waals surface area contributed by atoms with Gasteiger partial charge in [-0.25, -0.2) is 4.79 Å².